The lowest BCUT2D eigenvalue weighted by Gasteiger charge is -2.13. The monoisotopic (exact) mass is 518 g/mol. The molecule has 0 bridgehead atoms. The van der Waals surface area contributed by atoms with E-state index in [9.17, 15) is 8.42 Å². The van der Waals surface area contributed by atoms with Gasteiger partial charge in [-0.3, -0.25) is 4.99 Å². The third-order valence-electron chi connectivity index (χ3n) is 4.06. The van der Waals surface area contributed by atoms with E-state index in [0.717, 1.165) is 36.3 Å². The lowest BCUT2D eigenvalue weighted by molar-refractivity contribution is 0.409. The Kier molecular flexibility index (Phi) is 10.3. The fourth-order valence-corrected chi connectivity index (χ4v) is 3.13. The number of primary sulfonamides is 1. The first-order valence-electron chi connectivity index (χ1n) is 8.62. The number of rotatable bonds is 8. The highest BCUT2D eigenvalue weighted by molar-refractivity contribution is 14.0. The number of nitrogens with one attached hydrogen (secondary N) is 2. The number of ether oxygens (including phenoxy) is 1. The van der Waals surface area contributed by atoms with E-state index in [4.69, 9.17) is 9.88 Å². The maximum absolute atomic E-state index is 11.3. The molecule has 0 radical (unpaired) electrons. The molecule has 0 unspecified atom stereocenters. The highest BCUT2D eigenvalue weighted by Gasteiger charge is 2.07. The van der Waals surface area contributed by atoms with Gasteiger partial charge in [-0.1, -0.05) is 30.3 Å². The van der Waals surface area contributed by atoms with Gasteiger partial charge in [0, 0.05) is 20.1 Å². The van der Waals surface area contributed by atoms with Gasteiger partial charge >= 0.3 is 0 Å². The quantitative estimate of drug-likeness (QED) is 0.281. The average molecular weight is 518 g/mol. The second-order valence-electron chi connectivity index (χ2n) is 5.93. The Bertz CT molecular complexity index is 871. The van der Waals surface area contributed by atoms with E-state index in [2.05, 4.69) is 15.6 Å². The molecule has 0 atom stereocenters. The molecule has 0 amide bonds. The molecule has 0 fully saturated rings. The number of halogens is 1. The van der Waals surface area contributed by atoms with Crippen molar-refractivity contribution in [3.63, 3.8) is 0 Å². The van der Waals surface area contributed by atoms with Crippen LogP contribution in [0.5, 0.6) is 5.75 Å². The van der Waals surface area contributed by atoms with Crippen molar-refractivity contribution in [3.05, 3.63) is 59.7 Å². The predicted octanol–water partition coefficient (Wildman–Crippen LogP) is 1.91. The zero-order valence-corrected chi connectivity index (χ0v) is 19.2. The molecule has 154 valence electrons. The summed E-state index contributed by atoms with van der Waals surface area (Å²) in [5.41, 5.74) is 2.15. The normalized spacial score (nSPS) is 11.5. The third kappa shape index (κ3) is 7.64. The maximum atomic E-state index is 11.3. The van der Waals surface area contributed by atoms with Crippen molar-refractivity contribution in [3.8, 4) is 5.75 Å². The van der Waals surface area contributed by atoms with Crippen LogP contribution in [0.4, 0.5) is 0 Å². The molecule has 0 aliphatic heterocycles. The number of hydrogen-bond acceptors (Lipinski definition) is 4. The second kappa shape index (κ2) is 11.9. The highest BCUT2D eigenvalue weighted by Crippen LogP contribution is 2.17. The third-order valence-corrected chi connectivity index (χ3v) is 4.99. The van der Waals surface area contributed by atoms with Crippen LogP contribution in [0.3, 0.4) is 0 Å². The van der Waals surface area contributed by atoms with Crippen LogP contribution in [-0.2, 0) is 22.9 Å². The summed E-state index contributed by atoms with van der Waals surface area (Å²) < 4.78 is 27.9. The Morgan fingerprint density at radius 3 is 2.21 bits per heavy atom. The van der Waals surface area contributed by atoms with Crippen LogP contribution in [-0.4, -0.2) is 41.6 Å². The van der Waals surface area contributed by atoms with Gasteiger partial charge in [-0.25, -0.2) is 13.6 Å². The van der Waals surface area contributed by atoms with Crippen molar-refractivity contribution in [2.45, 2.75) is 17.7 Å². The van der Waals surface area contributed by atoms with E-state index < -0.39 is 10.0 Å². The van der Waals surface area contributed by atoms with Crippen LogP contribution >= 0.6 is 24.0 Å². The minimum Gasteiger partial charge on any atom is -0.496 e. The Balaban J connectivity index is 0.00000392. The fraction of sp³-hybridized carbons (Fsp3) is 0.316. The summed E-state index contributed by atoms with van der Waals surface area (Å²) in [5, 5.41) is 11.6. The van der Waals surface area contributed by atoms with Gasteiger partial charge in [0.05, 0.1) is 12.0 Å². The number of methoxy groups -OCH3 is 1. The molecule has 2 aromatic rings. The minimum absolute atomic E-state index is 0. The molecule has 0 aliphatic rings. The Morgan fingerprint density at radius 2 is 1.64 bits per heavy atom. The number of nitrogens with two attached hydrogens (primary N) is 1. The van der Waals surface area contributed by atoms with Gasteiger partial charge in [-0.05, 0) is 42.2 Å². The van der Waals surface area contributed by atoms with Crippen LogP contribution in [0.2, 0.25) is 0 Å². The van der Waals surface area contributed by atoms with Gasteiger partial charge in [-0.15, -0.1) is 24.0 Å². The van der Waals surface area contributed by atoms with Gasteiger partial charge in [0.2, 0.25) is 10.0 Å². The molecular weight excluding hydrogens is 491 g/mol. The van der Waals surface area contributed by atoms with Crippen molar-refractivity contribution in [1.82, 2.24) is 10.6 Å². The predicted molar refractivity (Wildman–Crippen MR) is 123 cm³/mol. The molecule has 2 aromatic carbocycles. The highest BCUT2D eigenvalue weighted by atomic mass is 127. The summed E-state index contributed by atoms with van der Waals surface area (Å²) in [7, 11) is -0.259. The van der Waals surface area contributed by atoms with E-state index in [1.165, 1.54) is 12.1 Å². The maximum Gasteiger partial charge on any atom is 0.238 e. The first-order valence-corrected chi connectivity index (χ1v) is 10.2. The molecule has 0 spiro atoms. The summed E-state index contributed by atoms with van der Waals surface area (Å²) in [6, 6.07) is 14.5. The molecule has 9 heteroatoms. The number of nitrogens with zero attached hydrogens (tertiary/aromatic N) is 1. The van der Waals surface area contributed by atoms with E-state index in [-0.39, 0.29) is 28.9 Å². The summed E-state index contributed by atoms with van der Waals surface area (Å²) in [5.74, 6) is 1.59. The number of guanidine groups is 1. The van der Waals surface area contributed by atoms with Crippen molar-refractivity contribution in [2.24, 2.45) is 10.1 Å². The van der Waals surface area contributed by atoms with E-state index in [1.807, 2.05) is 24.3 Å². The molecule has 0 aromatic heterocycles. The Morgan fingerprint density at radius 1 is 1.04 bits per heavy atom. The Labute approximate surface area is 183 Å². The van der Waals surface area contributed by atoms with Crippen LogP contribution < -0.4 is 20.5 Å². The van der Waals surface area contributed by atoms with Crippen LogP contribution in [0.1, 0.15) is 11.1 Å². The summed E-state index contributed by atoms with van der Waals surface area (Å²) >= 11 is 0. The summed E-state index contributed by atoms with van der Waals surface area (Å²) in [4.78, 5) is 4.33. The molecule has 7 nitrogen and oxygen atoms in total. The van der Waals surface area contributed by atoms with Crippen molar-refractivity contribution >= 4 is 40.0 Å². The number of benzene rings is 2. The van der Waals surface area contributed by atoms with Gasteiger partial charge in [0.15, 0.2) is 5.96 Å². The number of sulfonamides is 1. The number of para-hydroxylation sites is 1. The molecule has 0 saturated carbocycles. The molecule has 0 heterocycles. The van der Waals surface area contributed by atoms with Crippen molar-refractivity contribution in [2.75, 3.05) is 27.2 Å². The molecule has 0 aliphatic carbocycles. The van der Waals surface area contributed by atoms with Gasteiger partial charge in [0.25, 0.3) is 0 Å². The van der Waals surface area contributed by atoms with Crippen LogP contribution in [0.15, 0.2) is 58.4 Å². The smallest absolute Gasteiger partial charge is 0.238 e. The summed E-state index contributed by atoms with van der Waals surface area (Å²) in [6.07, 6.45) is 1.55. The molecule has 28 heavy (non-hydrogen) atoms. The number of aliphatic imine (C=N–C) groups is 1. The van der Waals surface area contributed by atoms with Crippen molar-refractivity contribution in [1.29, 1.82) is 0 Å². The van der Waals surface area contributed by atoms with Crippen molar-refractivity contribution < 1.29 is 13.2 Å². The zero-order valence-electron chi connectivity index (χ0n) is 16.0. The Hall–Kier alpha value is -1.85. The summed E-state index contributed by atoms with van der Waals surface area (Å²) in [6.45, 7) is 1.39. The largest absolute Gasteiger partial charge is 0.496 e. The lowest BCUT2D eigenvalue weighted by atomic mass is 10.1. The molecular formula is C19H27IN4O3S. The van der Waals surface area contributed by atoms with E-state index in [0.29, 0.717) is 12.5 Å². The number of hydrogen-bond donors (Lipinski definition) is 3. The van der Waals surface area contributed by atoms with Crippen LogP contribution in [0, 0.1) is 0 Å². The zero-order chi connectivity index (χ0) is 19.7. The molecule has 0 saturated heterocycles. The standard InChI is InChI=1S/C19H26N4O3S.HI/c1-21-19(23-14-12-16-5-3-4-6-18(16)26-2)22-13-11-15-7-9-17(10-8-15)27(20,24)25;/h3-10H,11-14H2,1-2H3,(H2,20,24,25)(H2,21,22,23);1H. The van der Waals surface area contributed by atoms with E-state index >= 15 is 0 Å². The SMILES string of the molecule is CN=C(NCCc1ccc(S(N)(=O)=O)cc1)NCCc1ccccc1OC.I. The molecule has 4 N–H and O–H groups in total. The molecule has 2 rings (SSSR count). The van der Waals surface area contributed by atoms with Gasteiger partial charge in [-0.2, -0.15) is 0 Å². The van der Waals surface area contributed by atoms with Crippen LogP contribution in [0.25, 0.3) is 0 Å². The minimum atomic E-state index is -3.65. The second-order valence-corrected chi connectivity index (χ2v) is 7.49. The lowest BCUT2D eigenvalue weighted by Crippen LogP contribution is -2.39. The first kappa shape index (κ1) is 24.2. The first-order chi connectivity index (χ1) is 12.9. The topological polar surface area (TPSA) is 106 Å². The average Bonchev–Trinajstić information content (AvgIpc) is 2.66. The van der Waals surface area contributed by atoms with Gasteiger partial charge < -0.3 is 15.4 Å². The fourth-order valence-electron chi connectivity index (χ4n) is 2.62. The van der Waals surface area contributed by atoms with E-state index in [1.54, 1.807) is 26.3 Å². The van der Waals surface area contributed by atoms with Gasteiger partial charge in [0.1, 0.15) is 5.75 Å².